The summed E-state index contributed by atoms with van der Waals surface area (Å²) in [7, 11) is 1.61. The fourth-order valence-electron chi connectivity index (χ4n) is 4.65. The van der Waals surface area contributed by atoms with Gasteiger partial charge in [-0.2, -0.15) is 0 Å². The van der Waals surface area contributed by atoms with Gasteiger partial charge in [0.25, 0.3) is 0 Å². The normalized spacial score (nSPS) is 29.3. The predicted octanol–water partition coefficient (Wildman–Crippen LogP) is 1.89. The summed E-state index contributed by atoms with van der Waals surface area (Å²) in [6.45, 7) is 1.21. The Hall–Kier alpha value is -3.06. The van der Waals surface area contributed by atoms with Crippen LogP contribution in [0.5, 0.6) is 5.75 Å². The average molecular weight is 394 g/mol. The Bertz CT molecular complexity index is 952. The number of likely N-dealkylation sites (tertiary alicyclic amines) is 1. The maximum Gasteiger partial charge on any atom is 0.230 e. The molecule has 7 heteroatoms. The quantitative estimate of drug-likeness (QED) is 0.757. The average Bonchev–Trinajstić information content (AvgIpc) is 3.50. The molecule has 2 fully saturated rings. The molecule has 4 heterocycles. The number of nitrogens with zero attached hydrogens (tertiary/aromatic N) is 1. The van der Waals surface area contributed by atoms with Crippen molar-refractivity contribution in [3.05, 3.63) is 66.1 Å². The lowest BCUT2D eigenvalue weighted by Crippen LogP contribution is -2.43. The van der Waals surface area contributed by atoms with Gasteiger partial charge in [0.05, 0.1) is 44.4 Å². The number of rotatable bonds is 6. The van der Waals surface area contributed by atoms with Crippen molar-refractivity contribution in [3.8, 4) is 5.75 Å². The number of fused-ring (bicyclic) bond motifs is 1. The van der Waals surface area contributed by atoms with E-state index in [1.165, 1.54) is 0 Å². The molecule has 150 valence electrons. The van der Waals surface area contributed by atoms with Gasteiger partial charge in [0.1, 0.15) is 17.1 Å². The summed E-state index contributed by atoms with van der Waals surface area (Å²) in [6, 6.07) is 11.2. The van der Waals surface area contributed by atoms with Gasteiger partial charge in [-0.05, 0) is 29.8 Å². The van der Waals surface area contributed by atoms with E-state index in [-0.39, 0.29) is 17.9 Å². The summed E-state index contributed by atoms with van der Waals surface area (Å²) in [5.41, 5.74) is 0.252. The van der Waals surface area contributed by atoms with Crippen LogP contribution in [0.2, 0.25) is 0 Å². The molecule has 4 atom stereocenters. The van der Waals surface area contributed by atoms with Crippen LogP contribution in [-0.4, -0.2) is 42.1 Å². The molecule has 0 unspecified atom stereocenters. The lowest BCUT2D eigenvalue weighted by molar-refractivity contribution is -0.138. The van der Waals surface area contributed by atoms with Crippen molar-refractivity contribution in [1.82, 2.24) is 10.2 Å². The second-order valence-corrected chi connectivity index (χ2v) is 7.74. The summed E-state index contributed by atoms with van der Waals surface area (Å²) in [6.07, 6.45) is 5.10. The number of carbonyl (C=O) groups is 2. The Morgan fingerprint density at radius 1 is 1.31 bits per heavy atom. The number of hydrogen-bond donors (Lipinski definition) is 1. The first-order valence-electron chi connectivity index (χ1n) is 9.69. The molecular formula is C22H22N2O5. The Kier molecular flexibility index (Phi) is 4.20. The van der Waals surface area contributed by atoms with Crippen molar-refractivity contribution < 1.29 is 23.5 Å². The van der Waals surface area contributed by atoms with Gasteiger partial charge < -0.3 is 24.1 Å². The minimum atomic E-state index is -0.712. The van der Waals surface area contributed by atoms with Gasteiger partial charge in [-0.1, -0.05) is 24.3 Å². The van der Waals surface area contributed by atoms with Crippen LogP contribution >= 0.6 is 0 Å². The number of carbonyl (C=O) groups excluding carboxylic acids is 2. The zero-order chi connectivity index (χ0) is 20.0. The van der Waals surface area contributed by atoms with Gasteiger partial charge in [0.2, 0.25) is 11.8 Å². The largest absolute Gasteiger partial charge is 0.497 e. The molecule has 0 aliphatic carbocycles. The number of furan rings is 1. The topological polar surface area (TPSA) is 81.0 Å². The number of nitrogens with one attached hydrogen (secondary N) is 1. The van der Waals surface area contributed by atoms with E-state index in [1.54, 1.807) is 24.3 Å². The maximum absolute atomic E-state index is 13.1. The lowest BCUT2D eigenvalue weighted by Gasteiger charge is -2.23. The summed E-state index contributed by atoms with van der Waals surface area (Å²) >= 11 is 0. The van der Waals surface area contributed by atoms with Crippen molar-refractivity contribution in [2.45, 2.75) is 24.8 Å². The first kappa shape index (κ1) is 18.0. The highest BCUT2D eigenvalue weighted by molar-refractivity contribution is 5.93. The summed E-state index contributed by atoms with van der Waals surface area (Å²) in [5.74, 6) is 0.249. The second-order valence-electron chi connectivity index (χ2n) is 7.74. The van der Waals surface area contributed by atoms with Crippen LogP contribution in [-0.2, 0) is 27.4 Å². The molecule has 2 aromatic rings. The fraction of sp³-hybridized carbons (Fsp3) is 0.364. The maximum atomic E-state index is 13.1. The van der Waals surface area contributed by atoms with Gasteiger partial charge in [-0.3, -0.25) is 9.59 Å². The summed E-state index contributed by atoms with van der Waals surface area (Å²) < 4.78 is 16.7. The number of amides is 2. The molecule has 29 heavy (non-hydrogen) atoms. The number of ether oxygens (including phenoxy) is 2. The Morgan fingerprint density at radius 2 is 2.14 bits per heavy atom. The molecule has 3 aliphatic rings. The predicted molar refractivity (Wildman–Crippen MR) is 103 cm³/mol. The highest BCUT2D eigenvalue weighted by atomic mass is 16.5. The van der Waals surface area contributed by atoms with E-state index >= 15 is 0 Å². The second kappa shape index (κ2) is 6.77. The Morgan fingerprint density at radius 3 is 2.86 bits per heavy atom. The van der Waals surface area contributed by atoms with E-state index in [9.17, 15) is 9.59 Å². The molecule has 1 aromatic carbocycles. The molecule has 0 saturated carbocycles. The molecule has 2 saturated heterocycles. The fourth-order valence-corrected chi connectivity index (χ4v) is 4.65. The molecular weight excluding hydrogens is 372 g/mol. The van der Waals surface area contributed by atoms with Crippen LogP contribution in [0, 0.1) is 11.8 Å². The first-order valence-corrected chi connectivity index (χ1v) is 9.69. The van der Waals surface area contributed by atoms with E-state index in [2.05, 4.69) is 5.32 Å². The van der Waals surface area contributed by atoms with Crippen molar-refractivity contribution in [3.63, 3.8) is 0 Å². The SMILES string of the molecule is COc1ccc(CNC(=O)[C@H]2[C@H]3C(=O)N(Cc4ccco4)C[C@]34C=C[C@H]2O4)cc1. The van der Waals surface area contributed by atoms with Gasteiger partial charge in [-0.25, -0.2) is 0 Å². The number of benzene rings is 1. The van der Waals surface area contributed by atoms with E-state index in [1.807, 2.05) is 42.5 Å². The van der Waals surface area contributed by atoms with Crippen LogP contribution in [0.4, 0.5) is 0 Å². The molecule has 1 aromatic heterocycles. The van der Waals surface area contributed by atoms with Crippen molar-refractivity contribution in [2.75, 3.05) is 13.7 Å². The minimum Gasteiger partial charge on any atom is -0.497 e. The monoisotopic (exact) mass is 394 g/mol. The van der Waals surface area contributed by atoms with Gasteiger partial charge in [0, 0.05) is 6.54 Å². The van der Waals surface area contributed by atoms with Crippen molar-refractivity contribution in [2.24, 2.45) is 11.8 Å². The first-order chi connectivity index (χ1) is 14.1. The van der Waals surface area contributed by atoms with Crippen molar-refractivity contribution in [1.29, 1.82) is 0 Å². The lowest BCUT2D eigenvalue weighted by atomic mass is 9.77. The molecule has 3 aliphatic heterocycles. The molecule has 2 bridgehead atoms. The van der Waals surface area contributed by atoms with E-state index in [0.717, 1.165) is 11.3 Å². The van der Waals surface area contributed by atoms with Crippen LogP contribution in [0.25, 0.3) is 0 Å². The van der Waals surface area contributed by atoms with Crippen molar-refractivity contribution >= 4 is 11.8 Å². The molecule has 0 radical (unpaired) electrons. The van der Waals surface area contributed by atoms with E-state index in [0.29, 0.717) is 25.4 Å². The minimum absolute atomic E-state index is 0.0575. The molecule has 2 amide bonds. The Balaban J connectivity index is 1.29. The standard InChI is InChI=1S/C22H22N2O5/c1-27-15-6-4-14(5-7-15)11-23-20(25)18-17-8-9-22(29-17)13-24(21(26)19(18)22)12-16-3-2-10-28-16/h2-10,17-19H,11-13H2,1H3,(H,23,25)/t17-,18-,19+,22-/m1/s1. The van der Waals surface area contributed by atoms with Gasteiger partial charge in [-0.15, -0.1) is 0 Å². The highest BCUT2D eigenvalue weighted by Gasteiger charge is 2.66. The molecule has 5 rings (SSSR count). The van der Waals surface area contributed by atoms with E-state index < -0.39 is 17.4 Å². The third kappa shape index (κ3) is 2.93. The molecule has 1 spiro atoms. The number of methoxy groups -OCH3 is 1. The highest BCUT2D eigenvalue weighted by Crippen LogP contribution is 2.52. The smallest absolute Gasteiger partial charge is 0.230 e. The zero-order valence-corrected chi connectivity index (χ0v) is 16.0. The third-order valence-electron chi connectivity index (χ3n) is 6.03. The van der Waals surface area contributed by atoms with Crippen LogP contribution in [0.1, 0.15) is 11.3 Å². The van der Waals surface area contributed by atoms with E-state index in [4.69, 9.17) is 13.9 Å². The van der Waals surface area contributed by atoms with Crippen LogP contribution in [0.3, 0.4) is 0 Å². The molecule has 1 N–H and O–H groups in total. The molecule has 7 nitrogen and oxygen atoms in total. The van der Waals surface area contributed by atoms with Crippen LogP contribution in [0.15, 0.2) is 59.2 Å². The van der Waals surface area contributed by atoms with Gasteiger partial charge in [0.15, 0.2) is 0 Å². The summed E-state index contributed by atoms with van der Waals surface area (Å²) in [5, 5.41) is 2.97. The van der Waals surface area contributed by atoms with Crippen LogP contribution < -0.4 is 10.1 Å². The summed E-state index contributed by atoms with van der Waals surface area (Å²) in [4.78, 5) is 27.9. The number of hydrogen-bond acceptors (Lipinski definition) is 5. The van der Waals surface area contributed by atoms with Gasteiger partial charge >= 0.3 is 0 Å². The third-order valence-corrected chi connectivity index (χ3v) is 6.03. The zero-order valence-electron chi connectivity index (χ0n) is 16.0. The Labute approximate surface area is 168 Å².